The molecule has 6 heteroatoms. The molecule has 0 radical (unpaired) electrons. The zero-order chi connectivity index (χ0) is 11.9. The number of aromatic amines is 1. The second-order valence-electron chi connectivity index (χ2n) is 3.36. The van der Waals surface area contributed by atoms with Crippen molar-refractivity contribution in [2.24, 2.45) is 7.05 Å². The molecule has 0 bridgehead atoms. The van der Waals surface area contributed by atoms with E-state index in [-0.39, 0.29) is 16.5 Å². The molecule has 0 saturated heterocycles. The van der Waals surface area contributed by atoms with Crippen LogP contribution in [-0.2, 0) is 7.05 Å². The number of carboxylic acid groups (broad SMARTS) is 1. The van der Waals surface area contributed by atoms with Crippen molar-refractivity contribution in [2.75, 3.05) is 0 Å². The van der Waals surface area contributed by atoms with Gasteiger partial charge < -0.3 is 10.1 Å². The van der Waals surface area contributed by atoms with Gasteiger partial charge in [-0.05, 0) is 18.2 Å². The van der Waals surface area contributed by atoms with E-state index in [2.05, 4.69) is 4.98 Å². The number of nitrogens with zero attached hydrogens (tertiary/aromatic N) is 1. The average molecular weight is 220 g/mol. The zero-order valence-electron chi connectivity index (χ0n) is 8.35. The van der Waals surface area contributed by atoms with Crippen LogP contribution < -0.4 is 11.2 Å². The Balaban J connectivity index is 2.92. The number of hydrogen-bond donors (Lipinski definition) is 2. The maximum absolute atomic E-state index is 11.6. The molecule has 2 aromatic rings. The maximum atomic E-state index is 11.6. The molecule has 0 atom stereocenters. The summed E-state index contributed by atoms with van der Waals surface area (Å²) in [6.45, 7) is 0. The Morgan fingerprint density at radius 3 is 2.69 bits per heavy atom. The molecule has 0 aliphatic rings. The fourth-order valence-electron chi connectivity index (χ4n) is 1.44. The minimum atomic E-state index is -1.11. The predicted molar refractivity (Wildman–Crippen MR) is 56.8 cm³/mol. The molecule has 0 amide bonds. The minimum absolute atomic E-state index is 0.0244. The van der Waals surface area contributed by atoms with Gasteiger partial charge in [0.05, 0.1) is 16.5 Å². The summed E-state index contributed by atoms with van der Waals surface area (Å²) in [6, 6.07) is 3.97. The summed E-state index contributed by atoms with van der Waals surface area (Å²) in [5.74, 6) is -1.11. The molecule has 2 N–H and O–H groups in total. The van der Waals surface area contributed by atoms with Gasteiger partial charge >= 0.3 is 11.7 Å². The first-order valence-electron chi connectivity index (χ1n) is 4.47. The van der Waals surface area contributed by atoms with Crippen LogP contribution in [0.4, 0.5) is 0 Å². The number of nitrogens with one attached hydrogen (secondary N) is 1. The van der Waals surface area contributed by atoms with Gasteiger partial charge in [-0.15, -0.1) is 0 Å². The van der Waals surface area contributed by atoms with Gasteiger partial charge in [-0.25, -0.2) is 9.59 Å². The van der Waals surface area contributed by atoms with Gasteiger partial charge in [0.25, 0.3) is 5.56 Å². The van der Waals surface area contributed by atoms with Crippen molar-refractivity contribution in [3.05, 3.63) is 44.6 Å². The summed E-state index contributed by atoms with van der Waals surface area (Å²) in [5.41, 5.74) is -0.764. The van der Waals surface area contributed by atoms with Crippen LogP contribution >= 0.6 is 0 Å². The monoisotopic (exact) mass is 220 g/mol. The van der Waals surface area contributed by atoms with Crippen LogP contribution in [0.5, 0.6) is 0 Å². The molecular weight excluding hydrogens is 212 g/mol. The molecule has 0 saturated carbocycles. The van der Waals surface area contributed by atoms with E-state index in [1.54, 1.807) is 0 Å². The lowest BCUT2D eigenvalue weighted by atomic mass is 10.1. The predicted octanol–water partition coefficient (Wildman–Crippen LogP) is -0.0750. The van der Waals surface area contributed by atoms with E-state index >= 15 is 0 Å². The third-order valence-corrected chi connectivity index (χ3v) is 2.35. The van der Waals surface area contributed by atoms with Crippen LogP contribution in [-0.4, -0.2) is 20.6 Å². The first-order chi connectivity index (χ1) is 7.50. The molecule has 1 heterocycles. The smallest absolute Gasteiger partial charge is 0.335 e. The van der Waals surface area contributed by atoms with Crippen molar-refractivity contribution >= 4 is 16.9 Å². The van der Waals surface area contributed by atoms with Crippen LogP contribution in [0.25, 0.3) is 10.9 Å². The van der Waals surface area contributed by atoms with Gasteiger partial charge in [-0.2, -0.15) is 0 Å². The highest BCUT2D eigenvalue weighted by atomic mass is 16.4. The second kappa shape index (κ2) is 3.34. The fourth-order valence-corrected chi connectivity index (χ4v) is 1.44. The van der Waals surface area contributed by atoms with Gasteiger partial charge in [0, 0.05) is 7.05 Å². The second-order valence-corrected chi connectivity index (χ2v) is 3.36. The van der Waals surface area contributed by atoms with E-state index in [1.165, 1.54) is 25.2 Å². The fraction of sp³-hybridized carbons (Fsp3) is 0.100. The van der Waals surface area contributed by atoms with Crippen molar-refractivity contribution in [1.82, 2.24) is 9.55 Å². The Morgan fingerprint density at radius 1 is 1.38 bits per heavy atom. The SMILES string of the molecule is Cn1c(=O)[nH]c2cc(C(=O)O)ccc2c1=O. The number of aromatic nitrogens is 2. The molecule has 16 heavy (non-hydrogen) atoms. The first-order valence-corrected chi connectivity index (χ1v) is 4.47. The van der Waals surface area contributed by atoms with E-state index in [0.29, 0.717) is 0 Å². The molecule has 1 aromatic heterocycles. The van der Waals surface area contributed by atoms with Crippen LogP contribution in [0.2, 0.25) is 0 Å². The summed E-state index contributed by atoms with van der Waals surface area (Å²) in [6.07, 6.45) is 0. The van der Waals surface area contributed by atoms with E-state index in [0.717, 1.165) is 4.57 Å². The van der Waals surface area contributed by atoms with Gasteiger partial charge in [0.15, 0.2) is 0 Å². The zero-order valence-corrected chi connectivity index (χ0v) is 8.35. The van der Waals surface area contributed by atoms with Crippen molar-refractivity contribution in [3.8, 4) is 0 Å². The number of carboxylic acids is 1. The lowest BCUT2D eigenvalue weighted by Crippen LogP contribution is -2.32. The third-order valence-electron chi connectivity index (χ3n) is 2.35. The minimum Gasteiger partial charge on any atom is -0.478 e. The molecular formula is C10H8N2O4. The summed E-state index contributed by atoms with van der Waals surface area (Å²) in [4.78, 5) is 36.1. The molecule has 1 aromatic carbocycles. The van der Waals surface area contributed by atoms with Gasteiger partial charge in [0.2, 0.25) is 0 Å². The Labute approximate surface area is 88.8 Å². The summed E-state index contributed by atoms with van der Waals surface area (Å²) < 4.78 is 0.933. The number of carbonyl (C=O) groups is 1. The lowest BCUT2D eigenvalue weighted by Gasteiger charge is -2.01. The molecule has 6 nitrogen and oxygen atoms in total. The molecule has 82 valence electrons. The Morgan fingerprint density at radius 2 is 2.06 bits per heavy atom. The van der Waals surface area contributed by atoms with E-state index in [1.807, 2.05) is 0 Å². The van der Waals surface area contributed by atoms with Crippen molar-refractivity contribution in [3.63, 3.8) is 0 Å². The van der Waals surface area contributed by atoms with Crippen LogP contribution in [0.1, 0.15) is 10.4 Å². The summed E-state index contributed by atoms with van der Waals surface area (Å²) in [5, 5.41) is 9.05. The molecule has 2 rings (SSSR count). The number of aromatic carboxylic acids is 1. The first kappa shape index (κ1) is 10.2. The van der Waals surface area contributed by atoms with Crippen molar-refractivity contribution in [1.29, 1.82) is 0 Å². The van der Waals surface area contributed by atoms with Gasteiger partial charge in [-0.1, -0.05) is 0 Å². The normalized spacial score (nSPS) is 10.6. The number of H-pyrrole nitrogens is 1. The molecule has 0 aliphatic carbocycles. The highest BCUT2D eigenvalue weighted by molar-refractivity contribution is 5.92. The quantitative estimate of drug-likeness (QED) is 0.703. The topological polar surface area (TPSA) is 92.2 Å². The van der Waals surface area contributed by atoms with Gasteiger partial charge in [0.1, 0.15) is 0 Å². The standard InChI is InChI=1S/C10H8N2O4/c1-12-8(13)6-3-2-5(9(14)15)4-7(6)11-10(12)16/h2-4H,1H3,(H,11,16)(H,14,15). The maximum Gasteiger partial charge on any atom is 0.335 e. The molecule has 0 fully saturated rings. The Kier molecular flexibility index (Phi) is 2.12. The third kappa shape index (κ3) is 1.40. The van der Waals surface area contributed by atoms with Crippen LogP contribution in [0.15, 0.2) is 27.8 Å². The Hall–Kier alpha value is -2.37. The summed E-state index contributed by atoms with van der Waals surface area (Å²) >= 11 is 0. The molecule has 0 unspecified atom stereocenters. The summed E-state index contributed by atoms with van der Waals surface area (Å²) in [7, 11) is 1.35. The van der Waals surface area contributed by atoms with Crippen molar-refractivity contribution in [2.45, 2.75) is 0 Å². The lowest BCUT2D eigenvalue weighted by molar-refractivity contribution is 0.0697. The Bertz CT molecular complexity index is 696. The van der Waals surface area contributed by atoms with E-state index in [4.69, 9.17) is 5.11 Å². The molecule has 0 aliphatic heterocycles. The van der Waals surface area contributed by atoms with Crippen LogP contribution in [0, 0.1) is 0 Å². The van der Waals surface area contributed by atoms with E-state index in [9.17, 15) is 14.4 Å². The largest absolute Gasteiger partial charge is 0.478 e. The highest BCUT2D eigenvalue weighted by Gasteiger charge is 2.08. The number of benzene rings is 1. The van der Waals surface area contributed by atoms with Crippen LogP contribution in [0.3, 0.4) is 0 Å². The number of hydrogen-bond acceptors (Lipinski definition) is 3. The van der Waals surface area contributed by atoms with Gasteiger partial charge in [-0.3, -0.25) is 9.36 Å². The number of fused-ring (bicyclic) bond motifs is 1. The highest BCUT2D eigenvalue weighted by Crippen LogP contribution is 2.08. The van der Waals surface area contributed by atoms with E-state index < -0.39 is 17.2 Å². The number of rotatable bonds is 1. The van der Waals surface area contributed by atoms with Crippen molar-refractivity contribution < 1.29 is 9.90 Å². The average Bonchev–Trinajstić information content (AvgIpc) is 2.25. The molecule has 0 spiro atoms.